The molecule has 24 heavy (non-hydrogen) atoms. The van der Waals surface area contributed by atoms with Crippen LogP contribution < -0.4 is 0 Å². The highest BCUT2D eigenvalue weighted by Gasteiger charge is 2.26. The number of sulfone groups is 1. The van der Waals surface area contributed by atoms with Gasteiger partial charge in [-0.1, -0.05) is 24.3 Å². The third-order valence-corrected chi connectivity index (χ3v) is 4.98. The quantitative estimate of drug-likeness (QED) is 0.704. The highest BCUT2D eigenvalue weighted by atomic mass is 32.2. The second kappa shape index (κ2) is 6.16. The molecule has 2 aromatic carbocycles. The minimum Gasteiger partial charge on any atom is -0.436 e. The van der Waals surface area contributed by atoms with Crippen molar-refractivity contribution in [3.8, 4) is 22.8 Å². The largest absolute Gasteiger partial charge is 0.436 e. The lowest BCUT2D eigenvalue weighted by Crippen LogP contribution is -2.11. The Morgan fingerprint density at radius 3 is 2.33 bits per heavy atom. The molecule has 0 spiro atoms. The molecule has 0 bridgehead atoms. The van der Waals surface area contributed by atoms with Gasteiger partial charge in [-0.15, -0.1) is 0 Å². The zero-order chi connectivity index (χ0) is 17.3. The van der Waals surface area contributed by atoms with Crippen LogP contribution in [0.5, 0.6) is 0 Å². The van der Waals surface area contributed by atoms with Gasteiger partial charge in [0.2, 0.25) is 15.7 Å². The van der Waals surface area contributed by atoms with Gasteiger partial charge in [-0.2, -0.15) is 8.78 Å². The molecule has 7 heteroatoms. The van der Waals surface area contributed by atoms with E-state index in [4.69, 9.17) is 4.42 Å². The molecule has 0 unspecified atom stereocenters. The Kier molecular flexibility index (Phi) is 4.19. The average Bonchev–Trinajstić information content (AvgIpc) is 3.05. The van der Waals surface area contributed by atoms with Gasteiger partial charge in [0, 0.05) is 11.1 Å². The van der Waals surface area contributed by atoms with Crippen molar-refractivity contribution in [3.63, 3.8) is 0 Å². The monoisotopic (exact) mass is 349 g/mol. The molecule has 0 aliphatic heterocycles. The second-order valence-electron chi connectivity index (χ2n) is 5.17. The summed E-state index contributed by atoms with van der Waals surface area (Å²) in [6.07, 6.45) is 1.57. The van der Waals surface area contributed by atoms with Gasteiger partial charge in [0.1, 0.15) is 0 Å². The third kappa shape index (κ3) is 2.94. The van der Waals surface area contributed by atoms with Gasteiger partial charge < -0.3 is 4.42 Å². The first-order chi connectivity index (χ1) is 11.4. The maximum Gasteiger partial charge on any atom is 0.341 e. The van der Waals surface area contributed by atoms with Crippen molar-refractivity contribution >= 4 is 9.84 Å². The number of aromatic nitrogens is 1. The molecule has 0 amide bonds. The van der Waals surface area contributed by atoms with Gasteiger partial charge >= 0.3 is 5.76 Å². The molecular formula is C17H13F2NO3S. The Hall–Kier alpha value is -2.54. The molecule has 0 atom stereocenters. The van der Waals surface area contributed by atoms with Gasteiger partial charge in [-0.3, -0.25) is 0 Å². The first kappa shape index (κ1) is 16.3. The van der Waals surface area contributed by atoms with Crippen molar-refractivity contribution < 1.29 is 21.6 Å². The fourth-order valence-electron chi connectivity index (χ4n) is 2.27. The van der Waals surface area contributed by atoms with Crippen LogP contribution in [0, 0.1) is 6.92 Å². The van der Waals surface area contributed by atoms with Crippen LogP contribution >= 0.6 is 0 Å². The fraction of sp³-hybridized carbons (Fsp3) is 0.118. The summed E-state index contributed by atoms with van der Waals surface area (Å²) < 4.78 is 53.6. The smallest absolute Gasteiger partial charge is 0.341 e. The number of alkyl halides is 2. The number of benzene rings is 2. The maximum atomic E-state index is 12.5. The predicted molar refractivity (Wildman–Crippen MR) is 85.3 cm³/mol. The van der Waals surface area contributed by atoms with E-state index in [9.17, 15) is 17.2 Å². The van der Waals surface area contributed by atoms with E-state index in [1.165, 1.54) is 12.1 Å². The Balaban J connectivity index is 1.93. The molecule has 0 aliphatic rings. The summed E-state index contributed by atoms with van der Waals surface area (Å²) in [5.41, 5.74) is 2.43. The van der Waals surface area contributed by atoms with Crippen molar-refractivity contribution in [2.45, 2.75) is 17.6 Å². The van der Waals surface area contributed by atoms with Gasteiger partial charge in [-0.25, -0.2) is 13.4 Å². The highest BCUT2D eigenvalue weighted by Crippen LogP contribution is 2.29. The Morgan fingerprint density at radius 2 is 1.71 bits per heavy atom. The van der Waals surface area contributed by atoms with Crippen LogP contribution in [0.2, 0.25) is 0 Å². The normalized spacial score (nSPS) is 11.8. The summed E-state index contributed by atoms with van der Waals surface area (Å²) in [7, 11) is -4.60. The van der Waals surface area contributed by atoms with E-state index in [0.29, 0.717) is 11.3 Å². The van der Waals surface area contributed by atoms with Gasteiger partial charge in [0.15, 0.2) is 5.76 Å². The molecule has 0 radical (unpaired) electrons. The molecule has 4 nitrogen and oxygen atoms in total. The Labute approximate surface area is 137 Å². The fourth-order valence-corrected chi connectivity index (χ4v) is 2.99. The number of rotatable bonds is 4. The number of nitrogens with zero attached hydrogens (tertiary/aromatic N) is 1. The van der Waals surface area contributed by atoms with Gasteiger partial charge in [-0.05, 0) is 36.8 Å². The molecule has 3 aromatic rings. The highest BCUT2D eigenvalue weighted by molar-refractivity contribution is 7.91. The summed E-state index contributed by atoms with van der Waals surface area (Å²) in [6.45, 7) is 1.95. The standard InChI is InChI=1S/C17H13F2NO3S/c1-11-4-2-3-5-14(11)15-10-20-16(23-15)12-6-8-13(9-7-12)24(21,22)17(18)19/h2-10,17H,1H3. The Morgan fingerprint density at radius 1 is 1.04 bits per heavy atom. The molecule has 3 rings (SSSR count). The van der Waals surface area contributed by atoms with Crippen molar-refractivity contribution in [1.82, 2.24) is 4.98 Å². The van der Waals surface area contributed by atoms with Crippen LogP contribution in [0.25, 0.3) is 22.8 Å². The first-order valence-corrected chi connectivity index (χ1v) is 8.58. The van der Waals surface area contributed by atoms with E-state index in [-0.39, 0.29) is 5.89 Å². The van der Waals surface area contributed by atoms with Crippen molar-refractivity contribution in [3.05, 3.63) is 60.3 Å². The molecule has 1 aromatic heterocycles. The zero-order valence-electron chi connectivity index (χ0n) is 12.6. The lowest BCUT2D eigenvalue weighted by Gasteiger charge is -2.03. The van der Waals surface area contributed by atoms with Gasteiger partial charge in [0.05, 0.1) is 11.1 Å². The Bertz CT molecular complexity index is 964. The van der Waals surface area contributed by atoms with Crippen molar-refractivity contribution in [2.24, 2.45) is 0 Å². The number of hydrogen-bond acceptors (Lipinski definition) is 4. The molecule has 0 N–H and O–H groups in total. The summed E-state index contributed by atoms with van der Waals surface area (Å²) in [5.74, 6) is -2.58. The van der Waals surface area contributed by atoms with Crippen LogP contribution in [-0.4, -0.2) is 19.2 Å². The van der Waals surface area contributed by atoms with E-state index in [1.54, 1.807) is 6.20 Å². The molecule has 124 valence electrons. The SMILES string of the molecule is Cc1ccccc1-c1cnc(-c2ccc(S(=O)(=O)C(F)F)cc2)o1. The molecule has 0 fully saturated rings. The summed E-state index contributed by atoms with van der Waals surface area (Å²) in [4.78, 5) is 3.73. The van der Waals surface area contributed by atoms with E-state index in [1.807, 2.05) is 31.2 Å². The van der Waals surface area contributed by atoms with Crippen LogP contribution in [0.1, 0.15) is 5.56 Å². The van der Waals surface area contributed by atoms with Crippen molar-refractivity contribution in [1.29, 1.82) is 0 Å². The zero-order valence-corrected chi connectivity index (χ0v) is 13.4. The second-order valence-corrected chi connectivity index (χ2v) is 7.09. The van der Waals surface area contributed by atoms with Gasteiger partial charge in [0.25, 0.3) is 0 Å². The molecular weight excluding hydrogens is 336 g/mol. The predicted octanol–water partition coefficient (Wildman–Crippen LogP) is 4.31. The van der Waals surface area contributed by atoms with Crippen molar-refractivity contribution in [2.75, 3.05) is 0 Å². The lowest BCUT2D eigenvalue weighted by molar-refractivity contribution is 0.234. The average molecular weight is 349 g/mol. The van der Waals surface area contributed by atoms with Crippen LogP contribution in [0.4, 0.5) is 8.78 Å². The minimum atomic E-state index is -4.60. The summed E-state index contributed by atoms with van der Waals surface area (Å²) >= 11 is 0. The van der Waals surface area contributed by atoms with Crippen LogP contribution in [0.3, 0.4) is 0 Å². The molecule has 0 aliphatic carbocycles. The van der Waals surface area contributed by atoms with E-state index < -0.39 is 20.5 Å². The topological polar surface area (TPSA) is 60.2 Å². The summed E-state index contributed by atoms with van der Waals surface area (Å²) in [6, 6.07) is 12.7. The number of oxazole rings is 1. The van der Waals surface area contributed by atoms with E-state index in [2.05, 4.69) is 4.98 Å². The van der Waals surface area contributed by atoms with Crippen LogP contribution in [0.15, 0.2) is 64.0 Å². The minimum absolute atomic E-state index is 0.286. The van der Waals surface area contributed by atoms with E-state index >= 15 is 0 Å². The lowest BCUT2D eigenvalue weighted by atomic mass is 10.1. The summed E-state index contributed by atoms with van der Waals surface area (Å²) in [5, 5.41) is 0. The maximum absolute atomic E-state index is 12.5. The molecule has 0 saturated heterocycles. The number of aryl methyl sites for hydroxylation is 1. The number of hydrogen-bond donors (Lipinski definition) is 0. The molecule has 1 heterocycles. The van der Waals surface area contributed by atoms with E-state index in [0.717, 1.165) is 23.3 Å². The third-order valence-electron chi connectivity index (χ3n) is 3.58. The molecule has 0 saturated carbocycles. The van der Waals surface area contributed by atoms with Crippen LogP contribution in [-0.2, 0) is 9.84 Å². The number of halogens is 2. The first-order valence-electron chi connectivity index (χ1n) is 7.04.